The Morgan fingerprint density at radius 3 is 2.12 bits per heavy atom. The molecule has 1 N–H and O–H groups in total. The number of carbonyl (C=O) groups excluding carboxylic acids is 2. The highest BCUT2D eigenvalue weighted by atomic mass is 32.2. The van der Waals surface area contributed by atoms with Crippen molar-refractivity contribution in [3.63, 3.8) is 0 Å². The number of esters is 2. The molecule has 2 aromatic carbocycles. The Morgan fingerprint density at radius 2 is 1.44 bits per heavy atom. The Morgan fingerprint density at radius 1 is 0.824 bits per heavy atom. The number of ether oxygens (including phenoxy) is 2. The summed E-state index contributed by atoms with van der Waals surface area (Å²) in [5.41, 5.74) is 3.47. The average Bonchev–Trinajstić information content (AvgIpc) is 2.88. The van der Waals surface area contributed by atoms with Gasteiger partial charge in [-0.3, -0.25) is 4.79 Å². The second-order valence-corrected chi connectivity index (χ2v) is 9.64. The van der Waals surface area contributed by atoms with Crippen LogP contribution in [0.1, 0.15) is 66.9 Å². The lowest BCUT2D eigenvalue weighted by molar-refractivity contribution is -0.150. The monoisotopic (exact) mass is 486 g/mol. The number of benzene rings is 2. The van der Waals surface area contributed by atoms with Crippen molar-refractivity contribution in [1.29, 1.82) is 0 Å². The summed E-state index contributed by atoms with van der Waals surface area (Å²) in [6.07, 6.45) is 8.09. The molecule has 0 aromatic heterocycles. The van der Waals surface area contributed by atoms with Gasteiger partial charge in [-0.2, -0.15) is 0 Å². The van der Waals surface area contributed by atoms with Crippen LogP contribution in [0.15, 0.2) is 54.6 Å². The number of aryl methyl sites for hydroxylation is 2. The normalized spacial score (nSPS) is 12.7. The summed E-state index contributed by atoms with van der Waals surface area (Å²) in [5, 5.41) is 10.1. The number of aliphatic hydroxyl groups excluding tert-OH is 1. The number of aliphatic hydroxyl groups is 1. The molecule has 5 nitrogen and oxygen atoms in total. The Hall–Kier alpha value is -2.31. The number of methoxy groups -OCH3 is 2. The van der Waals surface area contributed by atoms with Crippen molar-refractivity contribution >= 4 is 23.7 Å². The Kier molecular flexibility index (Phi) is 13.4. The maximum absolute atomic E-state index is 12.1. The van der Waals surface area contributed by atoms with Crippen LogP contribution >= 0.6 is 11.8 Å². The largest absolute Gasteiger partial charge is 0.469 e. The maximum atomic E-state index is 12.1. The van der Waals surface area contributed by atoms with E-state index in [1.807, 2.05) is 18.2 Å². The zero-order chi connectivity index (χ0) is 24.6. The van der Waals surface area contributed by atoms with E-state index in [2.05, 4.69) is 36.4 Å². The highest BCUT2D eigenvalue weighted by Gasteiger charge is 2.30. The molecule has 0 saturated carbocycles. The molecular weight excluding hydrogens is 448 g/mol. The van der Waals surface area contributed by atoms with Gasteiger partial charge in [0.1, 0.15) is 0 Å². The van der Waals surface area contributed by atoms with E-state index in [0.717, 1.165) is 36.8 Å². The standard InChI is InChI=1S/C28H38O5S/c1-32-25(29)20-21-34-27(26(30)28(31)33-2)24-19-13-12-18-23(24)17-11-6-4-3-5-8-14-22-15-9-7-10-16-22/h7,9-10,12-13,15-16,18-19,26-27,30H,3-6,8,11,14,17,20-21H2,1-2H3. The van der Waals surface area contributed by atoms with E-state index in [-0.39, 0.29) is 12.4 Å². The van der Waals surface area contributed by atoms with Gasteiger partial charge in [0.25, 0.3) is 0 Å². The van der Waals surface area contributed by atoms with Crippen LogP contribution in [0.2, 0.25) is 0 Å². The Bertz CT molecular complexity index is 855. The van der Waals surface area contributed by atoms with E-state index in [1.54, 1.807) is 0 Å². The summed E-state index contributed by atoms with van der Waals surface area (Å²) in [6, 6.07) is 18.6. The van der Waals surface area contributed by atoms with Crippen LogP contribution in [0.4, 0.5) is 0 Å². The van der Waals surface area contributed by atoms with Gasteiger partial charge >= 0.3 is 11.9 Å². The first-order valence-corrected chi connectivity index (χ1v) is 13.2. The van der Waals surface area contributed by atoms with Crippen molar-refractivity contribution in [1.82, 2.24) is 0 Å². The van der Waals surface area contributed by atoms with Crippen LogP contribution in [0.5, 0.6) is 0 Å². The van der Waals surface area contributed by atoms with Crippen LogP contribution in [-0.4, -0.2) is 43.1 Å². The van der Waals surface area contributed by atoms with Gasteiger partial charge in [0.2, 0.25) is 0 Å². The maximum Gasteiger partial charge on any atom is 0.336 e. The molecule has 2 unspecified atom stereocenters. The van der Waals surface area contributed by atoms with Crippen molar-refractivity contribution in [3.8, 4) is 0 Å². The lowest BCUT2D eigenvalue weighted by Crippen LogP contribution is -2.28. The van der Waals surface area contributed by atoms with Crippen molar-refractivity contribution in [2.24, 2.45) is 0 Å². The number of thioether (sulfide) groups is 1. The molecule has 2 atom stereocenters. The molecule has 186 valence electrons. The number of hydrogen-bond donors (Lipinski definition) is 1. The summed E-state index contributed by atoms with van der Waals surface area (Å²) in [5.74, 6) is -0.528. The van der Waals surface area contributed by atoms with Gasteiger partial charge in [-0.15, -0.1) is 11.8 Å². The minimum Gasteiger partial charge on any atom is -0.469 e. The molecule has 0 heterocycles. The van der Waals surface area contributed by atoms with E-state index in [9.17, 15) is 14.7 Å². The molecular formula is C28H38O5S. The van der Waals surface area contributed by atoms with Crippen LogP contribution in [0.3, 0.4) is 0 Å². The molecule has 2 aromatic rings. The molecule has 0 saturated heterocycles. The molecule has 2 rings (SSSR count). The lowest BCUT2D eigenvalue weighted by Gasteiger charge is -2.23. The van der Waals surface area contributed by atoms with Gasteiger partial charge in [-0.25, -0.2) is 4.79 Å². The molecule has 0 amide bonds. The molecule has 0 aliphatic carbocycles. The van der Waals surface area contributed by atoms with Gasteiger partial charge < -0.3 is 14.6 Å². The van der Waals surface area contributed by atoms with E-state index in [0.29, 0.717) is 5.75 Å². The lowest BCUT2D eigenvalue weighted by atomic mass is 9.96. The third-order valence-electron chi connectivity index (χ3n) is 5.93. The summed E-state index contributed by atoms with van der Waals surface area (Å²) >= 11 is 1.38. The summed E-state index contributed by atoms with van der Waals surface area (Å²) in [4.78, 5) is 23.6. The van der Waals surface area contributed by atoms with Crippen LogP contribution in [-0.2, 0) is 31.9 Å². The van der Waals surface area contributed by atoms with E-state index < -0.39 is 17.3 Å². The summed E-state index contributed by atoms with van der Waals surface area (Å²) in [6.45, 7) is 0. The van der Waals surface area contributed by atoms with Crippen LogP contribution < -0.4 is 0 Å². The first-order chi connectivity index (χ1) is 16.6. The number of rotatable bonds is 16. The fraction of sp³-hybridized carbons (Fsp3) is 0.500. The first-order valence-electron chi connectivity index (χ1n) is 12.1. The van der Waals surface area contributed by atoms with Crippen LogP contribution in [0.25, 0.3) is 0 Å². The SMILES string of the molecule is COC(=O)CCSC(c1ccccc1CCCCCCCCc1ccccc1)C(O)C(=O)OC. The van der Waals surface area contributed by atoms with Gasteiger partial charge in [0.15, 0.2) is 6.10 Å². The van der Waals surface area contributed by atoms with Crippen LogP contribution in [0, 0.1) is 0 Å². The molecule has 34 heavy (non-hydrogen) atoms. The van der Waals surface area contributed by atoms with Gasteiger partial charge in [0.05, 0.1) is 25.9 Å². The average molecular weight is 487 g/mol. The molecule has 0 aliphatic rings. The fourth-order valence-corrected chi connectivity index (χ4v) is 5.24. The highest BCUT2D eigenvalue weighted by Crippen LogP contribution is 2.36. The van der Waals surface area contributed by atoms with E-state index >= 15 is 0 Å². The minimum atomic E-state index is -1.29. The predicted molar refractivity (Wildman–Crippen MR) is 138 cm³/mol. The number of carbonyl (C=O) groups is 2. The fourth-order valence-electron chi connectivity index (χ4n) is 4.00. The topological polar surface area (TPSA) is 72.8 Å². The second-order valence-electron chi connectivity index (χ2n) is 8.39. The molecule has 0 fully saturated rings. The van der Waals surface area contributed by atoms with Crippen molar-refractivity contribution < 1.29 is 24.2 Å². The number of unbranched alkanes of at least 4 members (excludes halogenated alkanes) is 5. The molecule has 6 heteroatoms. The third kappa shape index (κ3) is 9.90. The van der Waals surface area contributed by atoms with Gasteiger partial charge in [-0.1, -0.05) is 80.3 Å². The highest BCUT2D eigenvalue weighted by molar-refractivity contribution is 7.99. The van der Waals surface area contributed by atoms with Gasteiger partial charge in [-0.05, 0) is 42.4 Å². The zero-order valence-electron chi connectivity index (χ0n) is 20.4. The zero-order valence-corrected chi connectivity index (χ0v) is 21.2. The van der Waals surface area contributed by atoms with Crippen molar-refractivity contribution in [2.75, 3.05) is 20.0 Å². The van der Waals surface area contributed by atoms with Gasteiger partial charge in [0, 0.05) is 5.75 Å². The first kappa shape index (κ1) is 27.9. The summed E-state index contributed by atoms with van der Waals surface area (Å²) in [7, 11) is 2.62. The smallest absolute Gasteiger partial charge is 0.336 e. The minimum absolute atomic E-state index is 0.220. The van der Waals surface area contributed by atoms with Crippen molar-refractivity contribution in [2.45, 2.75) is 69.1 Å². The second kappa shape index (κ2) is 16.3. The molecule has 0 spiro atoms. The quantitative estimate of drug-likeness (QED) is 0.243. The van der Waals surface area contributed by atoms with Crippen molar-refractivity contribution in [3.05, 3.63) is 71.3 Å². The summed E-state index contributed by atoms with van der Waals surface area (Å²) < 4.78 is 9.49. The Labute approximate surface area is 208 Å². The van der Waals surface area contributed by atoms with E-state index in [4.69, 9.17) is 9.47 Å². The van der Waals surface area contributed by atoms with E-state index in [1.165, 1.54) is 57.2 Å². The predicted octanol–water partition coefficient (Wildman–Crippen LogP) is 5.68. The number of hydrogen-bond acceptors (Lipinski definition) is 6. The molecule has 0 aliphatic heterocycles. The third-order valence-corrected chi connectivity index (χ3v) is 7.24. The molecule has 0 bridgehead atoms. The Balaban J connectivity index is 1.84. The molecule has 0 radical (unpaired) electrons.